The van der Waals surface area contributed by atoms with Gasteiger partial charge < -0.3 is 28.4 Å². The number of aromatic nitrogens is 7. The highest BCUT2D eigenvalue weighted by Crippen LogP contribution is 2.45. The monoisotopic (exact) mass is 1080 g/mol. The largest absolute Gasteiger partial charge is 0.463 e. The molecular weight excluding hydrogens is 1030 g/mol. The van der Waals surface area contributed by atoms with Crippen LogP contribution in [0.3, 0.4) is 0 Å². The molecule has 0 bridgehead atoms. The Bertz CT molecular complexity index is 3310. The van der Waals surface area contributed by atoms with Crippen LogP contribution in [-0.2, 0) is 35.7 Å². The number of amides is 2. The minimum Gasteiger partial charge on any atom is -0.463 e. The first-order valence-electron chi connectivity index (χ1n) is 25.0. The summed E-state index contributed by atoms with van der Waals surface area (Å²) in [7, 11) is 1.84. The van der Waals surface area contributed by atoms with E-state index in [1.807, 2.05) is 50.4 Å². The molecule has 74 heavy (non-hydrogen) atoms. The number of carbonyl (C=O) groups excluding carboxylic acids is 4. The Morgan fingerprint density at radius 1 is 0.595 bits per heavy atom. The van der Waals surface area contributed by atoms with Crippen molar-refractivity contribution in [1.29, 1.82) is 0 Å². The lowest BCUT2D eigenvalue weighted by atomic mass is 9.92. The standard InChI is InChI=1S/C29H30F2N6O3.C25H24BrF2N3O3/c1-16-28(35(3)34-33-16)18-4-11-25-24(14-18)32-29(37(25)19-5-8-21(9-6-19)40-17(2)38)26-12-13-27(39)36(26)20-7-10-22(30)23(31)15-20;1-14(32)34-18-6-3-16(4-7-18)31-22-9-2-15(26)12-21(22)29-25(31)23-10-11-24(33)30(23)17-5-8-19(27)20(28)13-17/h4,7,10-11,14-15,19,21,26H,5-6,8-9,12-13H2,1-3H3;2,5,8-9,12-13,16,18,23H,3-4,6-7,10-11H2,1H3/t19?,21?,26-;16?,18?,23-/m00/s1. The number of benzene rings is 4. The topological polar surface area (TPSA) is 160 Å². The molecular formula is C54H54BrF4N9O6. The SMILES string of the molecule is CC(=O)OC1CCC(n2c([C@@H]3CCC(=O)N3c3ccc(F)c(F)c3)nc3cc(-c4c(C)nnn4C)ccc32)CC1.CC(=O)OC1CCC(n2c([C@@H]3CCC(=O)N3c3ccc(F)c(F)c3)nc3cc(Br)ccc32)CC1. The van der Waals surface area contributed by atoms with Crippen molar-refractivity contribution in [3.8, 4) is 11.3 Å². The van der Waals surface area contributed by atoms with Crippen molar-refractivity contribution in [2.75, 3.05) is 9.80 Å². The molecule has 2 aliphatic carbocycles. The molecule has 2 aliphatic heterocycles. The van der Waals surface area contributed by atoms with Gasteiger partial charge >= 0.3 is 11.9 Å². The third kappa shape index (κ3) is 9.91. The number of imidazole rings is 2. The number of hydrogen-bond donors (Lipinski definition) is 0. The van der Waals surface area contributed by atoms with Gasteiger partial charge in [-0.1, -0.05) is 27.2 Å². The average Bonchev–Trinajstić information content (AvgIpc) is 4.20. The fourth-order valence-electron chi connectivity index (χ4n) is 11.5. The van der Waals surface area contributed by atoms with Gasteiger partial charge in [0, 0.05) is 79.4 Å². The van der Waals surface area contributed by atoms with Crippen molar-refractivity contribution in [2.24, 2.45) is 7.05 Å². The number of ether oxygens (including phenoxy) is 2. The third-order valence-electron chi connectivity index (χ3n) is 14.7. The average molecular weight is 1080 g/mol. The summed E-state index contributed by atoms with van der Waals surface area (Å²) < 4.78 is 73.4. The highest BCUT2D eigenvalue weighted by atomic mass is 79.9. The molecule has 7 aromatic rings. The van der Waals surface area contributed by atoms with Crippen molar-refractivity contribution in [2.45, 2.75) is 134 Å². The Hall–Kier alpha value is -6.96. The number of carbonyl (C=O) groups is 4. The Labute approximate surface area is 431 Å². The summed E-state index contributed by atoms with van der Waals surface area (Å²) in [5.41, 5.74) is 6.69. The number of halogens is 5. The highest BCUT2D eigenvalue weighted by Gasteiger charge is 2.41. The highest BCUT2D eigenvalue weighted by molar-refractivity contribution is 9.10. The van der Waals surface area contributed by atoms with Crippen LogP contribution in [0.4, 0.5) is 28.9 Å². The molecule has 5 heterocycles. The molecule has 4 aromatic carbocycles. The number of anilines is 2. The fraction of sp³-hybridized carbons (Fsp3) is 0.407. The molecule has 4 aliphatic rings. The number of hydrogen-bond acceptors (Lipinski definition) is 10. The first kappa shape index (κ1) is 50.6. The Morgan fingerprint density at radius 3 is 1.49 bits per heavy atom. The molecule has 0 radical (unpaired) electrons. The van der Waals surface area contributed by atoms with Gasteiger partial charge in [0.2, 0.25) is 11.8 Å². The Kier molecular flexibility index (Phi) is 14.2. The lowest BCUT2D eigenvalue weighted by Crippen LogP contribution is -2.31. The molecule has 0 spiro atoms. The van der Waals surface area contributed by atoms with Crippen LogP contribution in [0.15, 0.2) is 77.3 Å². The summed E-state index contributed by atoms with van der Waals surface area (Å²) in [5.74, 6) is -3.32. The van der Waals surface area contributed by atoms with E-state index < -0.39 is 35.4 Å². The van der Waals surface area contributed by atoms with E-state index in [4.69, 9.17) is 19.4 Å². The maximum Gasteiger partial charge on any atom is 0.302 e. The maximum atomic E-state index is 14.2. The van der Waals surface area contributed by atoms with Crippen LogP contribution in [-0.4, -0.2) is 70.1 Å². The molecule has 0 N–H and O–H groups in total. The molecule has 386 valence electrons. The van der Waals surface area contributed by atoms with Crippen LogP contribution < -0.4 is 9.80 Å². The van der Waals surface area contributed by atoms with E-state index in [1.54, 1.807) is 14.5 Å². The predicted molar refractivity (Wildman–Crippen MR) is 270 cm³/mol. The lowest BCUT2D eigenvalue weighted by molar-refractivity contribution is -0.149. The van der Waals surface area contributed by atoms with E-state index in [2.05, 4.69) is 35.4 Å². The van der Waals surface area contributed by atoms with Gasteiger partial charge in [-0.2, -0.15) is 0 Å². The van der Waals surface area contributed by atoms with Crippen molar-refractivity contribution >= 4 is 73.1 Å². The first-order valence-corrected chi connectivity index (χ1v) is 25.8. The fourth-order valence-corrected chi connectivity index (χ4v) is 11.9. The van der Waals surface area contributed by atoms with Gasteiger partial charge in [-0.05, 0) is 126 Å². The quantitative estimate of drug-likeness (QED) is 0.101. The number of rotatable bonds is 9. The van der Waals surface area contributed by atoms with E-state index >= 15 is 0 Å². The molecule has 0 unspecified atom stereocenters. The first-order chi connectivity index (χ1) is 35.5. The van der Waals surface area contributed by atoms with Gasteiger partial charge in [0.15, 0.2) is 23.3 Å². The van der Waals surface area contributed by atoms with Gasteiger partial charge in [0.1, 0.15) is 23.9 Å². The van der Waals surface area contributed by atoms with Gasteiger partial charge in [0.05, 0.1) is 45.5 Å². The second kappa shape index (κ2) is 20.7. The number of fused-ring (bicyclic) bond motifs is 2. The Balaban J connectivity index is 0.000000172. The van der Waals surface area contributed by atoms with Crippen molar-refractivity contribution in [3.63, 3.8) is 0 Å². The summed E-state index contributed by atoms with van der Waals surface area (Å²) in [5, 5.41) is 8.30. The predicted octanol–water partition coefficient (Wildman–Crippen LogP) is 11.3. The van der Waals surface area contributed by atoms with Crippen LogP contribution in [0.2, 0.25) is 0 Å². The Morgan fingerprint density at radius 2 is 1.05 bits per heavy atom. The van der Waals surface area contributed by atoms with Gasteiger partial charge in [0.25, 0.3) is 0 Å². The lowest BCUT2D eigenvalue weighted by Gasteiger charge is -2.32. The van der Waals surface area contributed by atoms with E-state index in [9.17, 15) is 36.7 Å². The van der Waals surface area contributed by atoms with Crippen LogP contribution >= 0.6 is 15.9 Å². The zero-order valence-corrected chi connectivity index (χ0v) is 42.8. The van der Waals surface area contributed by atoms with Gasteiger partial charge in [-0.15, -0.1) is 5.10 Å². The number of aryl methyl sites for hydroxylation is 2. The molecule has 2 saturated heterocycles. The minimum absolute atomic E-state index is 0.0697. The van der Waals surface area contributed by atoms with Crippen molar-refractivity contribution in [1.82, 2.24) is 34.1 Å². The molecule has 15 nitrogen and oxygen atoms in total. The van der Waals surface area contributed by atoms with E-state index in [1.165, 1.54) is 26.0 Å². The van der Waals surface area contributed by atoms with Crippen LogP contribution in [0.1, 0.15) is 132 Å². The summed E-state index contributed by atoms with van der Waals surface area (Å²) in [4.78, 5) is 62.0. The summed E-state index contributed by atoms with van der Waals surface area (Å²) in [6.07, 6.45) is 7.49. The second-order valence-corrected chi connectivity index (χ2v) is 20.5. The summed E-state index contributed by atoms with van der Waals surface area (Å²) in [6, 6.07) is 18.4. The van der Waals surface area contributed by atoms with Crippen molar-refractivity contribution < 1.29 is 46.2 Å². The minimum atomic E-state index is -1.00. The summed E-state index contributed by atoms with van der Waals surface area (Å²) >= 11 is 3.51. The molecule has 2 amide bonds. The summed E-state index contributed by atoms with van der Waals surface area (Å²) in [6.45, 7) is 4.76. The van der Waals surface area contributed by atoms with E-state index in [0.717, 1.165) is 125 Å². The molecule has 3 aromatic heterocycles. The molecule has 20 heteroatoms. The number of esters is 2. The molecule has 2 saturated carbocycles. The zero-order valence-electron chi connectivity index (χ0n) is 41.2. The van der Waals surface area contributed by atoms with Crippen LogP contribution in [0.5, 0.6) is 0 Å². The van der Waals surface area contributed by atoms with Crippen LogP contribution in [0, 0.1) is 30.2 Å². The van der Waals surface area contributed by atoms with Crippen molar-refractivity contribution in [3.05, 3.63) is 118 Å². The van der Waals surface area contributed by atoms with Gasteiger partial charge in [-0.3, -0.25) is 19.2 Å². The normalized spacial score (nSPS) is 22.1. The molecule has 4 fully saturated rings. The molecule has 11 rings (SSSR count). The second-order valence-electron chi connectivity index (χ2n) is 19.6. The smallest absolute Gasteiger partial charge is 0.302 e. The zero-order chi connectivity index (χ0) is 52.1. The van der Waals surface area contributed by atoms with Crippen LogP contribution in [0.25, 0.3) is 33.3 Å². The van der Waals surface area contributed by atoms with Gasteiger partial charge in [-0.25, -0.2) is 32.2 Å². The maximum absolute atomic E-state index is 14.2. The number of nitrogens with zero attached hydrogens (tertiary/aromatic N) is 9. The van der Waals surface area contributed by atoms with E-state index in [0.29, 0.717) is 36.5 Å². The molecule has 2 atom stereocenters. The third-order valence-corrected chi connectivity index (χ3v) is 15.2. The van der Waals surface area contributed by atoms with E-state index in [-0.39, 0.29) is 54.5 Å².